The highest BCUT2D eigenvalue weighted by Crippen LogP contribution is 2.18. The molecule has 1 heterocycles. The van der Waals surface area contributed by atoms with Crippen LogP contribution in [0, 0.1) is 0 Å². The average Bonchev–Trinajstić information content (AvgIpc) is 3.36. The van der Waals surface area contributed by atoms with Crippen LogP contribution in [0.1, 0.15) is 56.6 Å². The maximum absolute atomic E-state index is 12.4. The van der Waals surface area contributed by atoms with Crippen molar-refractivity contribution in [1.82, 2.24) is 20.9 Å². The molecular formula is C21H32N4O2. The van der Waals surface area contributed by atoms with Gasteiger partial charge < -0.3 is 20.9 Å². The van der Waals surface area contributed by atoms with Crippen LogP contribution in [0.3, 0.4) is 0 Å². The van der Waals surface area contributed by atoms with Crippen LogP contribution in [0.15, 0.2) is 30.3 Å². The van der Waals surface area contributed by atoms with Crippen LogP contribution < -0.4 is 16.0 Å². The molecular weight excluding hydrogens is 340 g/mol. The molecule has 1 aromatic carbocycles. The van der Waals surface area contributed by atoms with E-state index in [0.29, 0.717) is 19.0 Å². The Balaban J connectivity index is 1.43. The lowest BCUT2D eigenvalue weighted by Crippen LogP contribution is -2.43. The number of rotatable bonds is 8. The van der Waals surface area contributed by atoms with Crippen molar-refractivity contribution in [3.63, 3.8) is 0 Å². The first-order valence-electron chi connectivity index (χ1n) is 10.3. The van der Waals surface area contributed by atoms with E-state index in [2.05, 4.69) is 33.0 Å². The summed E-state index contributed by atoms with van der Waals surface area (Å²) >= 11 is 0. The molecule has 0 radical (unpaired) electrons. The van der Waals surface area contributed by atoms with Gasteiger partial charge in [0.2, 0.25) is 5.91 Å². The fourth-order valence-electron chi connectivity index (χ4n) is 4.01. The van der Waals surface area contributed by atoms with E-state index in [1.807, 2.05) is 18.2 Å². The van der Waals surface area contributed by atoms with Crippen molar-refractivity contribution < 1.29 is 9.59 Å². The van der Waals surface area contributed by atoms with E-state index < -0.39 is 0 Å². The quantitative estimate of drug-likeness (QED) is 0.657. The minimum absolute atomic E-state index is 0.0267. The van der Waals surface area contributed by atoms with Crippen LogP contribution in [0.4, 0.5) is 4.79 Å². The predicted octanol–water partition coefficient (Wildman–Crippen LogP) is 2.57. The molecule has 3 N–H and O–H groups in total. The number of carbonyl (C=O) groups is 2. The zero-order chi connectivity index (χ0) is 18.9. The molecule has 2 aliphatic rings. The highest BCUT2D eigenvalue weighted by Gasteiger charge is 2.21. The largest absolute Gasteiger partial charge is 0.353 e. The minimum Gasteiger partial charge on any atom is -0.353 e. The number of urea groups is 1. The molecule has 1 aliphatic carbocycles. The number of benzene rings is 1. The Morgan fingerprint density at radius 2 is 1.74 bits per heavy atom. The third-order valence-electron chi connectivity index (χ3n) is 5.50. The molecule has 1 saturated carbocycles. The number of hydrogen-bond acceptors (Lipinski definition) is 3. The van der Waals surface area contributed by atoms with Gasteiger partial charge in [0.05, 0.1) is 6.04 Å². The van der Waals surface area contributed by atoms with Crippen molar-refractivity contribution in [3.05, 3.63) is 35.9 Å². The molecule has 0 aromatic heterocycles. The van der Waals surface area contributed by atoms with Gasteiger partial charge >= 0.3 is 6.03 Å². The van der Waals surface area contributed by atoms with Gasteiger partial charge in [-0.25, -0.2) is 4.79 Å². The molecule has 6 heteroatoms. The lowest BCUT2D eigenvalue weighted by atomic mass is 10.1. The van der Waals surface area contributed by atoms with E-state index in [1.165, 1.54) is 25.7 Å². The van der Waals surface area contributed by atoms with Crippen LogP contribution >= 0.6 is 0 Å². The Morgan fingerprint density at radius 3 is 2.44 bits per heavy atom. The fraction of sp³-hybridized carbons (Fsp3) is 0.619. The summed E-state index contributed by atoms with van der Waals surface area (Å²) in [4.78, 5) is 26.7. The Labute approximate surface area is 162 Å². The molecule has 3 rings (SSSR count). The molecule has 0 bridgehead atoms. The third kappa shape index (κ3) is 6.54. The summed E-state index contributed by atoms with van der Waals surface area (Å²) in [6, 6.07) is 10.2. The standard InChI is InChI=1S/C21H32N4O2/c26-20(23-18-10-4-5-11-18)12-13-22-21(27)24-19(16-25-14-6-7-15-25)17-8-2-1-3-9-17/h1-3,8-9,18-19H,4-7,10-16H2,(H,23,26)(H2,22,24,27). The van der Waals surface area contributed by atoms with Crippen LogP contribution in [0.2, 0.25) is 0 Å². The van der Waals surface area contributed by atoms with Gasteiger partial charge in [-0.1, -0.05) is 43.2 Å². The molecule has 1 atom stereocenters. The van der Waals surface area contributed by atoms with Crippen molar-refractivity contribution in [2.45, 2.75) is 57.0 Å². The minimum atomic E-state index is -0.211. The van der Waals surface area contributed by atoms with Crippen molar-refractivity contribution >= 4 is 11.9 Å². The molecule has 1 saturated heterocycles. The number of nitrogens with zero attached hydrogens (tertiary/aromatic N) is 1. The second-order valence-electron chi connectivity index (χ2n) is 7.67. The Hall–Kier alpha value is -2.08. The first kappa shape index (κ1) is 19.7. The summed E-state index contributed by atoms with van der Waals surface area (Å²) in [7, 11) is 0. The molecule has 6 nitrogen and oxygen atoms in total. The van der Waals surface area contributed by atoms with E-state index in [9.17, 15) is 9.59 Å². The smallest absolute Gasteiger partial charge is 0.315 e. The van der Waals surface area contributed by atoms with Gasteiger partial charge in [-0.2, -0.15) is 0 Å². The molecule has 1 aromatic rings. The Morgan fingerprint density at radius 1 is 1.04 bits per heavy atom. The first-order valence-corrected chi connectivity index (χ1v) is 10.3. The molecule has 148 valence electrons. The van der Waals surface area contributed by atoms with Gasteiger partial charge in [0, 0.05) is 25.6 Å². The maximum Gasteiger partial charge on any atom is 0.315 e. The zero-order valence-electron chi connectivity index (χ0n) is 16.1. The predicted molar refractivity (Wildman–Crippen MR) is 106 cm³/mol. The number of nitrogens with one attached hydrogen (secondary N) is 3. The topological polar surface area (TPSA) is 73.5 Å². The molecule has 1 unspecified atom stereocenters. The van der Waals surface area contributed by atoms with E-state index >= 15 is 0 Å². The summed E-state index contributed by atoms with van der Waals surface area (Å²) in [5.74, 6) is 0.0267. The summed E-state index contributed by atoms with van der Waals surface area (Å²) in [5.41, 5.74) is 1.11. The van der Waals surface area contributed by atoms with Crippen molar-refractivity contribution in [3.8, 4) is 0 Å². The van der Waals surface area contributed by atoms with Gasteiger partial charge in [-0.15, -0.1) is 0 Å². The van der Waals surface area contributed by atoms with Gasteiger partial charge in [0.25, 0.3) is 0 Å². The number of hydrogen-bond donors (Lipinski definition) is 3. The van der Waals surface area contributed by atoms with Crippen LogP contribution in [0.5, 0.6) is 0 Å². The molecule has 3 amide bonds. The monoisotopic (exact) mass is 372 g/mol. The summed E-state index contributed by atoms with van der Waals surface area (Å²) < 4.78 is 0. The lowest BCUT2D eigenvalue weighted by molar-refractivity contribution is -0.121. The zero-order valence-corrected chi connectivity index (χ0v) is 16.1. The van der Waals surface area contributed by atoms with E-state index in [-0.39, 0.29) is 18.0 Å². The number of amides is 3. The SMILES string of the molecule is O=C(CCNC(=O)NC(CN1CCCC1)c1ccccc1)NC1CCCC1. The van der Waals surface area contributed by atoms with E-state index in [4.69, 9.17) is 0 Å². The first-order chi connectivity index (χ1) is 13.2. The number of likely N-dealkylation sites (tertiary alicyclic amines) is 1. The van der Waals surface area contributed by atoms with Crippen molar-refractivity contribution in [2.24, 2.45) is 0 Å². The van der Waals surface area contributed by atoms with Crippen LogP contribution in [-0.4, -0.2) is 49.1 Å². The van der Waals surface area contributed by atoms with Crippen LogP contribution in [-0.2, 0) is 4.79 Å². The second-order valence-corrected chi connectivity index (χ2v) is 7.67. The van der Waals surface area contributed by atoms with Gasteiger partial charge in [0.15, 0.2) is 0 Å². The summed E-state index contributed by atoms with van der Waals surface area (Å²) in [6.07, 6.45) is 7.33. The third-order valence-corrected chi connectivity index (χ3v) is 5.50. The summed E-state index contributed by atoms with van der Waals surface area (Å²) in [6.45, 7) is 3.36. The molecule has 27 heavy (non-hydrogen) atoms. The maximum atomic E-state index is 12.4. The highest BCUT2D eigenvalue weighted by molar-refractivity contribution is 5.78. The lowest BCUT2D eigenvalue weighted by Gasteiger charge is -2.25. The van der Waals surface area contributed by atoms with Crippen LogP contribution in [0.25, 0.3) is 0 Å². The van der Waals surface area contributed by atoms with Crippen molar-refractivity contribution in [1.29, 1.82) is 0 Å². The molecule has 0 spiro atoms. The van der Waals surface area contributed by atoms with Gasteiger partial charge in [-0.05, 0) is 44.3 Å². The van der Waals surface area contributed by atoms with Crippen molar-refractivity contribution in [2.75, 3.05) is 26.2 Å². The normalized spacial score (nSPS) is 19.0. The summed E-state index contributed by atoms with van der Waals surface area (Å²) in [5, 5.41) is 8.97. The average molecular weight is 373 g/mol. The Bertz CT molecular complexity index is 595. The fourth-order valence-corrected chi connectivity index (χ4v) is 4.01. The van der Waals surface area contributed by atoms with Gasteiger partial charge in [-0.3, -0.25) is 4.79 Å². The Kier molecular flexibility index (Phi) is 7.51. The van der Waals surface area contributed by atoms with Gasteiger partial charge in [0.1, 0.15) is 0 Å². The number of carbonyl (C=O) groups excluding carboxylic acids is 2. The second kappa shape index (κ2) is 10.3. The molecule has 2 fully saturated rings. The van der Waals surface area contributed by atoms with E-state index in [1.54, 1.807) is 0 Å². The van der Waals surface area contributed by atoms with E-state index in [0.717, 1.165) is 38.0 Å². The molecule has 1 aliphatic heterocycles. The highest BCUT2D eigenvalue weighted by atomic mass is 16.2.